The van der Waals surface area contributed by atoms with Crippen LogP contribution in [0, 0.1) is 34.9 Å². The zero-order valence-corrected chi connectivity index (χ0v) is 26.6. The maximum absolute atomic E-state index is 16.2. The van der Waals surface area contributed by atoms with E-state index in [2.05, 4.69) is 36.1 Å². The van der Waals surface area contributed by atoms with Crippen LogP contribution in [-0.2, 0) is 16.2 Å². The Balaban J connectivity index is 1.46. The first kappa shape index (κ1) is 32.7. The van der Waals surface area contributed by atoms with E-state index < -0.39 is 36.0 Å². The van der Waals surface area contributed by atoms with E-state index >= 15 is 4.39 Å². The SMILES string of the molecule is C[C@@H]1[C@@H](NC(=O)[C@@H]2[C@H]([C@H](C)O)[C@H](CN=[N+]=[N-])ON2Cc2cccc(-c3cc(C(=O)O)cc(N(C)C)c3)c2F)C[C@@H]2C[C@H]1C2(C)C. The van der Waals surface area contributed by atoms with E-state index in [9.17, 15) is 19.8 Å². The molecule has 242 valence electrons. The van der Waals surface area contributed by atoms with E-state index in [4.69, 9.17) is 10.4 Å². The number of carbonyl (C=O) groups excluding carboxylic acids is 1. The van der Waals surface area contributed by atoms with Crippen molar-refractivity contribution in [2.45, 2.75) is 71.4 Å². The summed E-state index contributed by atoms with van der Waals surface area (Å²) in [6.07, 6.45) is 0.242. The highest BCUT2D eigenvalue weighted by molar-refractivity contribution is 5.91. The number of aliphatic hydroxyl groups excluding tert-OH is 1. The Labute approximate surface area is 262 Å². The summed E-state index contributed by atoms with van der Waals surface area (Å²) in [5.74, 6) is -1.46. The second-order valence-corrected chi connectivity index (χ2v) is 13.7. The average Bonchev–Trinajstić information content (AvgIpc) is 3.35. The molecule has 1 amide bonds. The van der Waals surface area contributed by atoms with Gasteiger partial charge in [-0.05, 0) is 72.2 Å². The molecule has 3 N–H and O–H groups in total. The first-order chi connectivity index (χ1) is 21.2. The van der Waals surface area contributed by atoms with E-state index in [-0.39, 0.29) is 53.1 Å². The van der Waals surface area contributed by atoms with Crippen LogP contribution in [0.4, 0.5) is 10.1 Å². The number of carbonyl (C=O) groups is 2. The minimum atomic E-state index is -1.13. The highest BCUT2D eigenvalue weighted by Crippen LogP contribution is 2.61. The lowest BCUT2D eigenvalue weighted by Gasteiger charge is -2.62. The third-order valence-electron chi connectivity index (χ3n) is 10.6. The monoisotopic (exact) mass is 622 g/mol. The fraction of sp³-hybridized carbons (Fsp3) is 0.576. The first-order valence-corrected chi connectivity index (χ1v) is 15.5. The van der Waals surface area contributed by atoms with Crippen LogP contribution in [0.25, 0.3) is 21.6 Å². The van der Waals surface area contributed by atoms with Gasteiger partial charge in [-0.15, -0.1) is 0 Å². The van der Waals surface area contributed by atoms with Crippen LogP contribution >= 0.6 is 0 Å². The van der Waals surface area contributed by atoms with E-state index in [0.717, 1.165) is 12.8 Å². The van der Waals surface area contributed by atoms with Crippen molar-refractivity contribution in [3.63, 3.8) is 0 Å². The minimum absolute atomic E-state index is 0.0271. The summed E-state index contributed by atoms with van der Waals surface area (Å²) in [5.41, 5.74) is 10.7. The Morgan fingerprint density at radius 1 is 1.27 bits per heavy atom. The number of rotatable bonds is 10. The van der Waals surface area contributed by atoms with Crippen molar-refractivity contribution < 1.29 is 29.0 Å². The topological polar surface area (TPSA) is 151 Å². The van der Waals surface area contributed by atoms with Gasteiger partial charge in [-0.3, -0.25) is 9.63 Å². The fourth-order valence-corrected chi connectivity index (χ4v) is 7.84. The predicted molar refractivity (Wildman–Crippen MR) is 168 cm³/mol. The lowest BCUT2D eigenvalue weighted by atomic mass is 9.45. The summed E-state index contributed by atoms with van der Waals surface area (Å²) in [7, 11) is 3.55. The van der Waals surface area contributed by atoms with Gasteiger partial charge in [0.05, 0.1) is 30.9 Å². The van der Waals surface area contributed by atoms with Crippen molar-refractivity contribution in [3.8, 4) is 11.1 Å². The number of anilines is 1. The third-order valence-corrected chi connectivity index (χ3v) is 10.6. The van der Waals surface area contributed by atoms with Crippen molar-refractivity contribution in [3.05, 3.63) is 63.8 Å². The number of carboxylic acid groups (broad SMARTS) is 1. The van der Waals surface area contributed by atoms with Crippen LogP contribution in [0.3, 0.4) is 0 Å². The molecule has 4 fully saturated rings. The molecule has 1 heterocycles. The lowest BCUT2D eigenvalue weighted by molar-refractivity contribution is -0.176. The summed E-state index contributed by atoms with van der Waals surface area (Å²) in [6, 6.07) is 8.49. The van der Waals surface area contributed by atoms with E-state index in [1.807, 2.05) is 0 Å². The molecule has 0 radical (unpaired) electrons. The summed E-state index contributed by atoms with van der Waals surface area (Å²) >= 11 is 0. The van der Waals surface area contributed by atoms with Crippen LogP contribution in [0.15, 0.2) is 41.5 Å². The van der Waals surface area contributed by atoms with Crippen molar-refractivity contribution >= 4 is 17.6 Å². The molecule has 1 saturated heterocycles. The molecule has 2 aromatic carbocycles. The Hall–Kier alpha value is -3.70. The molecule has 0 spiro atoms. The molecule has 12 heteroatoms. The van der Waals surface area contributed by atoms with Gasteiger partial charge in [0, 0.05) is 47.8 Å². The van der Waals surface area contributed by atoms with Gasteiger partial charge < -0.3 is 20.4 Å². The van der Waals surface area contributed by atoms with Gasteiger partial charge in [-0.1, -0.05) is 44.1 Å². The zero-order chi connectivity index (χ0) is 32.8. The molecule has 2 aromatic rings. The number of nitrogens with one attached hydrogen (secondary N) is 1. The third kappa shape index (κ3) is 6.12. The number of hydrogen-bond acceptors (Lipinski definition) is 7. The molecule has 2 bridgehead atoms. The van der Waals surface area contributed by atoms with Crippen molar-refractivity contribution in [2.75, 3.05) is 25.5 Å². The number of benzene rings is 2. The maximum atomic E-state index is 16.2. The van der Waals surface area contributed by atoms with Gasteiger partial charge in [0.1, 0.15) is 11.9 Å². The summed E-state index contributed by atoms with van der Waals surface area (Å²) < 4.78 is 16.2. The largest absolute Gasteiger partial charge is 0.478 e. The van der Waals surface area contributed by atoms with Gasteiger partial charge in [0.25, 0.3) is 0 Å². The van der Waals surface area contributed by atoms with Crippen molar-refractivity contribution in [1.29, 1.82) is 0 Å². The van der Waals surface area contributed by atoms with Crippen molar-refractivity contribution in [1.82, 2.24) is 10.4 Å². The number of carboxylic acids is 1. The van der Waals surface area contributed by atoms with Gasteiger partial charge >= 0.3 is 5.97 Å². The Kier molecular flexibility index (Phi) is 9.15. The second-order valence-electron chi connectivity index (χ2n) is 13.7. The number of nitrogens with zero attached hydrogens (tertiary/aromatic N) is 5. The van der Waals surface area contributed by atoms with Crippen LogP contribution in [0.1, 0.15) is 56.5 Å². The van der Waals surface area contributed by atoms with Crippen LogP contribution in [-0.4, -0.2) is 72.1 Å². The molecule has 6 rings (SSSR count). The van der Waals surface area contributed by atoms with Gasteiger partial charge in [-0.2, -0.15) is 5.06 Å². The van der Waals surface area contributed by atoms with E-state index in [0.29, 0.717) is 23.1 Å². The summed E-state index contributed by atoms with van der Waals surface area (Å²) in [4.78, 5) is 36.6. The molecule has 4 aliphatic rings. The van der Waals surface area contributed by atoms with Crippen LogP contribution in [0.2, 0.25) is 0 Å². The second kappa shape index (κ2) is 12.6. The van der Waals surface area contributed by atoms with E-state index in [1.54, 1.807) is 50.2 Å². The highest BCUT2D eigenvalue weighted by Gasteiger charge is 2.57. The number of fused-ring (bicyclic) bond motifs is 2. The molecular formula is C33H43FN6O5. The number of halogens is 1. The number of hydroxylamine groups is 2. The maximum Gasteiger partial charge on any atom is 0.335 e. The smallest absolute Gasteiger partial charge is 0.335 e. The molecule has 3 saturated carbocycles. The standard InChI is InChI=1S/C33H43FN6O5/c1-17-25-13-22(33(25,3)4)14-26(17)37-31(42)30-28(18(2)41)27(15-36-38-35)45-40(30)16-19-8-7-9-24(29(19)34)20-10-21(32(43)44)12-23(11-20)39(5)6/h7-12,17-18,22,25-28,30,41H,13-16H2,1-6H3,(H,37,42)(H,43,44)/t17-,18-,22-,25+,26-,27-,28+,30-/m0/s1. The number of aromatic carboxylic acids is 1. The van der Waals surface area contributed by atoms with Gasteiger partial charge in [0.15, 0.2) is 0 Å². The Morgan fingerprint density at radius 2 is 2.00 bits per heavy atom. The molecule has 0 unspecified atom stereocenters. The first-order valence-electron chi connectivity index (χ1n) is 15.5. The van der Waals surface area contributed by atoms with Crippen LogP contribution < -0.4 is 10.2 Å². The number of hydrogen-bond donors (Lipinski definition) is 3. The molecule has 3 aliphatic carbocycles. The van der Waals surface area contributed by atoms with Gasteiger partial charge in [-0.25, -0.2) is 9.18 Å². The molecule has 1 aliphatic heterocycles. The Morgan fingerprint density at radius 3 is 2.60 bits per heavy atom. The number of amides is 1. The predicted octanol–water partition coefficient (Wildman–Crippen LogP) is 5.24. The molecule has 8 atom stereocenters. The minimum Gasteiger partial charge on any atom is -0.478 e. The van der Waals surface area contributed by atoms with Crippen LogP contribution in [0.5, 0.6) is 0 Å². The number of aliphatic hydroxyl groups is 1. The zero-order valence-electron chi connectivity index (χ0n) is 26.6. The summed E-state index contributed by atoms with van der Waals surface area (Å²) in [6.45, 7) is 8.08. The quantitative estimate of drug-likeness (QED) is 0.186. The van der Waals surface area contributed by atoms with E-state index in [1.165, 1.54) is 17.2 Å². The lowest BCUT2D eigenvalue weighted by Crippen LogP contribution is -2.62. The summed E-state index contributed by atoms with van der Waals surface area (Å²) in [5, 5.41) is 28.8. The molecule has 45 heavy (non-hydrogen) atoms. The molecule has 0 aromatic heterocycles. The average molecular weight is 623 g/mol. The fourth-order valence-electron chi connectivity index (χ4n) is 7.84. The molecular weight excluding hydrogens is 579 g/mol. The van der Waals surface area contributed by atoms with Crippen molar-refractivity contribution in [2.24, 2.45) is 34.2 Å². The Bertz CT molecular complexity index is 1510. The number of azide groups is 1. The normalized spacial score (nSPS) is 29.3. The highest BCUT2D eigenvalue weighted by atomic mass is 19.1. The molecule has 11 nitrogen and oxygen atoms in total. The van der Waals surface area contributed by atoms with Gasteiger partial charge in [0.2, 0.25) is 5.91 Å².